The first-order chi connectivity index (χ1) is 9.88. The number of nitrogens with zero attached hydrogens (tertiary/aromatic N) is 2. The standard InChI is InChI=1S/C12H7BrFN3O4/c13-6-1-2-9(14)10(3-6)16-11-8(12(18)19)4-7(5-15-11)17(20)21/h1-5H,(H,15,16)(H,18,19). The molecule has 0 fully saturated rings. The monoisotopic (exact) mass is 355 g/mol. The number of halogens is 2. The summed E-state index contributed by atoms with van der Waals surface area (Å²) in [4.78, 5) is 24.7. The van der Waals surface area contributed by atoms with Crippen molar-refractivity contribution in [1.82, 2.24) is 4.98 Å². The summed E-state index contributed by atoms with van der Waals surface area (Å²) in [6.45, 7) is 0. The summed E-state index contributed by atoms with van der Waals surface area (Å²) in [5.41, 5.74) is -0.899. The highest BCUT2D eigenvalue weighted by Gasteiger charge is 2.18. The van der Waals surface area contributed by atoms with Crippen molar-refractivity contribution in [1.29, 1.82) is 0 Å². The first kappa shape index (κ1) is 14.9. The molecule has 2 N–H and O–H groups in total. The fourth-order valence-electron chi connectivity index (χ4n) is 1.54. The molecule has 0 saturated carbocycles. The molecule has 21 heavy (non-hydrogen) atoms. The number of nitrogens with one attached hydrogen (secondary N) is 1. The van der Waals surface area contributed by atoms with Crippen molar-refractivity contribution in [2.24, 2.45) is 0 Å². The van der Waals surface area contributed by atoms with Crippen molar-refractivity contribution in [3.63, 3.8) is 0 Å². The van der Waals surface area contributed by atoms with E-state index in [0.29, 0.717) is 4.47 Å². The van der Waals surface area contributed by atoms with Crippen molar-refractivity contribution in [3.05, 3.63) is 56.4 Å². The van der Waals surface area contributed by atoms with E-state index in [-0.39, 0.29) is 11.5 Å². The summed E-state index contributed by atoms with van der Waals surface area (Å²) in [5, 5.41) is 22.2. The number of carbonyl (C=O) groups is 1. The highest BCUT2D eigenvalue weighted by molar-refractivity contribution is 9.10. The van der Waals surface area contributed by atoms with Gasteiger partial charge in [-0.1, -0.05) is 15.9 Å². The van der Waals surface area contributed by atoms with Gasteiger partial charge in [0.2, 0.25) is 0 Å². The lowest BCUT2D eigenvalue weighted by molar-refractivity contribution is -0.385. The quantitative estimate of drug-likeness (QED) is 0.643. The van der Waals surface area contributed by atoms with Gasteiger partial charge in [-0.05, 0) is 18.2 Å². The summed E-state index contributed by atoms with van der Waals surface area (Å²) in [7, 11) is 0. The zero-order valence-electron chi connectivity index (χ0n) is 10.2. The third kappa shape index (κ3) is 3.31. The largest absolute Gasteiger partial charge is 0.478 e. The fourth-order valence-corrected chi connectivity index (χ4v) is 1.90. The molecule has 7 nitrogen and oxygen atoms in total. The average molecular weight is 356 g/mol. The van der Waals surface area contributed by atoms with E-state index in [0.717, 1.165) is 12.3 Å². The van der Waals surface area contributed by atoms with Crippen LogP contribution in [0.1, 0.15) is 10.4 Å². The van der Waals surface area contributed by atoms with E-state index >= 15 is 0 Å². The Morgan fingerprint density at radius 3 is 2.76 bits per heavy atom. The number of anilines is 2. The highest BCUT2D eigenvalue weighted by atomic mass is 79.9. The number of aromatic carboxylic acids is 1. The maximum Gasteiger partial charge on any atom is 0.339 e. The Hall–Kier alpha value is -2.55. The van der Waals surface area contributed by atoms with Crippen LogP contribution < -0.4 is 5.32 Å². The summed E-state index contributed by atoms with van der Waals surface area (Å²) in [6, 6.07) is 4.90. The van der Waals surface area contributed by atoms with Crippen LogP contribution in [0.5, 0.6) is 0 Å². The summed E-state index contributed by atoms with van der Waals surface area (Å²) in [5.74, 6) is -2.22. The average Bonchev–Trinajstić information content (AvgIpc) is 2.42. The number of nitro groups is 1. The molecule has 1 aromatic carbocycles. The van der Waals surface area contributed by atoms with Crippen LogP contribution in [0, 0.1) is 15.9 Å². The molecule has 0 aliphatic carbocycles. The van der Waals surface area contributed by atoms with Gasteiger partial charge in [0.1, 0.15) is 23.4 Å². The first-order valence-corrected chi connectivity index (χ1v) is 6.27. The van der Waals surface area contributed by atoms with E-state index in [1.807, 2.05) is 0 Å². The Bertz CT molecular complexity index is 738. The molecule has 0 aliphatic rings. The number of hydrogen-bond acceptors (Lipinski definition) is 5. The molecule has 0 saturated heterocycles. The van der Waals surface area contributed by atoms with Crippen LogP contribution >= 0.6 is 15.9 Å². The van der Waals surface area contributed by atoms with E-state index < -0.39 is 28.0 Å². The van der Waals surface area contributed by atoms with Crippen LogP contribution in [0.25, 0.3) is 0 Å². The van der Waals surface area contributed by atoms with Crippen LogP contribution in [0.3, 0.4) is 0 Å². The van der Waals surface area contributed by atoms with Crippen molar-refractivity contribution < 1.29 is 19.2 Å². The van der Waals surface area contributed by atoms with Crippen molar-refractivity contribution >= 4 is 39.1 Å². The van der Waals surface area contributed by atoms with E-state index in [9.17, 15) is 19.3 Å². The minimum atomic E-state index is -1.41. The van der Waals surface area contributed by atoms with Gasteiger partial charge in [-0.25, -0.2) is 14.2 Å². The topological polar surface area (TPSA) is 105 Å². The normalized spacial score (nSPS) is 10.2. The molecule has 0 unspecified atom stereocenters. The maximum absolute atomic E-state index is 13.6. The highest BCUT2D eigenvalue weighted by Crippen LogP contribution is 2.26. The molecule has 9 heteroatoms. The molecule has 108 valence electrons. The number of hydrogen-bond donors (Lipinski definition) is 2. The molecule has 0 spiro atoms. The van der Waals surface area contributed by atoms with Gasteiger partial charge in [-0.15, -0.1) is 0 Å². The fraction of sp³-hybridized carbons (Fsp3) is 0. The third-order valence-corrected chi connectivity index (χ3v) is 2.99. The zero-order chi connectivity index (χ0) is 15.6. The van der Waals surface area contributed by atoms with Gasteiger partial charge >= 0.3 is 5.97 Å². The van der Waals surface area contributed by atoms with E-state index in [1.54, 1.807) is 0 Å². The second-order valence-corrected chi connectivity index (χ2v) is 4.82. The van der Waals surface area contributed by atoms with Crippen molar-refractivity contribution in [3.8, 4) is 0 Å². The minimum absolute atomic E-state index is 0.00627. The van der Waals surface area contributed by atoms with Crippen molar-refractivity contribution in [2.45, 2.75) is 0 Å². The number of carboxylic acids is 1. The molecule has 2 rings (SSSR count). The van der Waals surface area contributed by atoms with Gasteiger partial charge in [0.25, 0.3) is 5.69 Å². The molecular formula is C12H7BrFN3O4. The van der Waals surface area contributed by atoms with E-state index in [1.165, 1.54) is 18.2 Å². The lowest BCUT2D eigenvalue weighted by Gasteiger charge is -2.09. The number of rotatable bonds is 4. The summed E-state index contributed by atoms with van der Waals surface area (Å²) >= 11 is 3.16. The lowest BCUT2D eigenvalue weighted by atomic mass is 10.2. The summed E-state index contributed by atoms with van der Waals surface area (Å²) in [6.07, 6.45) is 0.894. The number of benzene rings is 1. The molecule has 2 aromatic rings. The predicted molar refractivity (Wildman–Crippen MR) is 75.2 cm³/mol. The Morgan fingerprint density at radius 1 is 1.43 bits per heavy atom. The van der Waals surface area contributed by atoms with Gasteiger partial charge in [0.15, 0.2) is 0 Å². The molecule has 0 atom stereocenters. The second kappa shape index (κ2) is 5.83. The second-order valence-electron chi connectivity index (χ2n) is 3.90. The molecule has 0 aliphatic heterocycles. The number of pyridine rings is 1. The van der Waals surface area contributed by atoms with Crippen LogP contribution in [-0.2, 0) is 0 Å². The Kier molecular flexibility index (Phi) is 4.13. The maximum atomic E-state index is 13.6. The van der Waals surface area contributed by atoms with Gasteiger partial charge in [0, 0.05) is 10.5 Å². The van der Waals surface area contributed by atoms with Gasteiger partial charge < -0.3 is 10.4 Å². The molecule has 1 aromatic heterocycles. The SMILES string of the molecule is O=C(O)c1cc([N+](=O)[O-])cnc1Nc1cc(Br)ccc1F. The Morgan fingerprint density at radius 2 is 2.14 bits per heavy atom. The van der Waals surface area contributed by atoms with Crippen LogP contribution in [0.2, 0.25) is 0 Å². The number of aromatic nitrogens is 1. The zero-order valence-corrected chi connectivity index (χ0v) is 11.8. The smallest absolute Gasteiger partial charge is 0.339 e. The Labute approximate surface area is 125 Å². The molecule has 0 radical (unpaired) electrons. The first-order valence-electron chi connectivity index (χ1n) is 5.48. The Balaban J connectivity index is 2.46. The predicted octanol–water partition coefficient (Wildman–Crippen LogP) is 3.33. The molecule has 0 bridgehead atoms. The molecular weight excluding hydrogens is 349 g/mol. The van der Waals surface area contributed by atoms with Crippen LogP contribution in [0.15, 0.2) is 34.9 Å². The van der Waals surface area contributed by atoms with Gasteiger partial charge in [0.05, 0.1) is 10.6 Å². The van der Waals surface area contributed by atoms with Crippen LogP contribution in [0.4, 0.5) is 21.6 Å². The summed E-state index contributed by atoms with van der Waals surface area (Å²) < 4.78 is 14.2. The van der Waals surface area contributed by atoms with Crippen LogP contribution in [-0.4, -0.2) is 21.0 Å². The lowest BCUT2D eigenvalue weighted by Crippen LogP contribution is -2.07. The third-order valence-electron chi connectivity index (χ3n) is 2.50. The van der Waals surface area contributed by atoms with Gasteiger partial charge in [-0.3, -0.25) is 10.1 Å². The van der Waals surface area contributed by atoms with E-state index in [2.05, 4.69) is 26.2 Å². The minimum Gasteiger partial charge on any atom is -0.478 e. The number of carboxylic acid groups (broad SMARTS) is 1. The van der Waals surface area contributed by atoms with E-state index in [4.69, 9.17) is 5.11 Å². The molecule has 1 heterocycles. The van der Waals surface area contributed by atoms with Crippen molar-refractivity contribution in [2.75, 3.05) is 5.32 Å². The molecule has 0 amide bonds. The van der Waals surface area contributed by atoms with Gasteiger partial charge in [-0.2, -0.15) is 0 Å².